The van der Waals surface area contributed by atoms with Crippen LogP contribution in [-0.4, -0.2) is 37.3 Å². The molecule has 2 rings (SSSR count). The Labute approximate surface area is 74.6 Å². The van der Waals surface area contributed by atoms with Crippen LogP contribution in [0.5, 0.6) is 0 Å². The number of hydrogen-bond donors (Lipinski definition) is 1. The molecule has 1 unspecified atom stereocenters. The summed E-state index contributed by atoms with van der Waals surface area (Å²) in [4.78, 5) is 2.21. The molecule has 0 aromatic carbocycles. The number of aliphatic hydroxyl groups is 1. The van der Waals surface area contributed by atoms with Gasteiger partial charge in [0.15, 0.2) is 0 Å². The molecule has 0 heterocycles. The number of aliphatic hydroxyl groups excluding tert-OH is 1. The van der Waals surface area contributed by atoms with Crippen molar-refractivity contribution in [2.75, 3.05) is 27.2 Å². The van der Waals surface area contributed by atoms with Gasteiger partial charge in [-0.1, -0.05) is 6.42 Å². The van der Waals surface area contributed by atoms with Gasteiger partial charge >= 0.3 is 0 Å². The van der Waals surface area contributed by atoms with Crippen molar-refractivity contribution < 1.29 is 5.11 Å². The van der Waals surface area contributed by atoms with Crippen LogP contribution in [-0.2, 0) is 0 Å². The molecule has 0 aromatic rings. The van der Waals surface area contributed by atoms with Crippen molar-refractivity contribution in [1.82, 2.24) is 4.90 Å². The lowest BCUT2D eigenvalue weighted by Gasteiger charge is -2.33. The summed E-state index contributed by atoms with van der Waals surface area (Å²) in [6, 6.07) is 0. The predicted molar refractivity (Wildman–Crippen MR) is 49.0 cm³/mol. The fourth-order valence-electron chi connectivity index (χ4n) is 3.02. The number of hydrogen-bond acceptors (Lipinski definition) is 2. The second kappa shape index (κ2) is 2.46. The fraction of sp³-hybridized carbons (Fsp3) is 1.00. The second-order valence-corrected chi connectivity index (χ2v) is 4.99. The predicted octanol–water partition coefficient (Wildman–Crippen LogP) is 1.10. The molecule has 2 heteroatoms. The first kappa shape index (κ1) is 8.52. The molecule has 0 amide bonds. The fourth-order valence-corrected chi connectivity index (χ4v) is 3.02. The Morgan fingerprint density at radius 1 is 1.33 bits per heavy atom. The third-order valence-electron chi connectivity index (χ3n) is 3.91. The minimum Gasteiger partial charge on any atom is -0.396 e. The Kier molecular flexibility index (Phi) is 1.74. The number of rotatable bonds is 3. The molecule has 0 bridgehead atoms. The minimum absolute atomic E-state index is 0.286. The van der Waals surface area contributed by atoms with Gasteiger partial charge in [0.05, 0.1) is 6.61 Å². The van der Waals surface area contributed by atoms with E-state index in [0.29, 0.717) is 12.0 Å². The van der Waals surface area contributed by atoms with Gasteiger partial charge in [-0.25, -0.2) is 0 Å². The molecule has 0 aromatic heterocycles. The monoisotopic (exact) mass is 169 g/mol. The van der Waals surface area contributed by atoms with Gasteiger partial charge in [-0.2, -0.15) is 0 Å². The highest BCUT2D eigenvalue weighted by Crippen LogP contribution is 2.73. The zero-order valence-electron chi connectivity index (χ0n) is 8.14. The van der Waals surface area contributed by atoms with Crippen molar-refractivity contribution in [2.24, 2.45) is 10.8 Å². The SMILES string of the molecule is CN(C)CC1(CO)CC12CCC2. The normalized spacial score (nSPS) is 37.0. The van der Waals surface area contributed by atoms with E-state index in [1.165, 1.54) is 25.7 Å². The Balaban J connectivity index is 1.99. The first-order valence-electron chi connectivity index (χ1n) is 4.90. The summed E-state index contributed by atoms with van der Waals surface area (Å²) >= 11 is 0. The van der Waals surface area contributed by atoms with Gasteiger partial charge < -0.3 is 10.0 Å². The van der Waals surface area contributed by atoms with Crippen molar-refractivity contribution in [3.8, 4) is 0 Å². The largest absolute Gasteiger partial charge is 0.396 e. The molecule has 0 aliphatic heterocycles. The summed E-state index contributed by atoms with van der Waals surface area (Å²) in [6.45, 7) is 1.47. The first-order valence-corrected chi connectivity index (χ1v) is 4.90. The van der Waals surface area contributed by atoms with Crippen molar-refractivity contribution in [3.63, 3.8) is 0 Å². The molecular weight excluding hydrogens is 150 g/mol. The maximum Gasteiger partial charge on any atom is 0.0505 e. The molecule has 1 spiro atoms. The van der Waals surface area contributed by atoms with Crippen LogP contribution in [0.25, 0.3) is 0 Å². The van der Waals surface area contributed by atoms with E-state index < -0.39 is 0 Å². The van der Waals surface area contributed by atoms with E-state index in [4.69, 9.17) is 0 Å². The summed E-state index contributed by atoms with van der Waals surface area (Å²) in [7, 11) is 4.20. The maximum atomic E-state index is 9.38. The summed E-state index contributed by atoms with van der Waals surface area (Å²) < 4.78 is 0. The van der Waals surface area contributed by atoms with Gasteiger partial charge in [-0.15, -0.1) is 0 Å². The molecule has 0 saturated heterocycles. The van der Waals surface area contributed by atoms with E-state index in [2.05, 4.69) is 19.0 Å². The van der Waals surface area contributed by atoms with Gasteiger partial charge in [0.2, 0.25) is 0 Å². The molecule has 2 aliphatic carbocycles. The molecule has 2 fully saturated rings. The van der Waals surface area contributed by atoms with Crippen LogP contribution < -0.4 is 0 Å². The second-order valence-electron chi connectivity index (χ2n) is 4.99. The Morgan fingerprint density at radius 3 is 2.25 bits per heavy atom. The highest BCUT2D eigenvalue weighted by atomic mass is 16.3. The van der Waals surface area contributed by atoms with Gasteiger partial charge in [0.25, 0.3) is 0 Å². The highest BCUT2D eigenvalue weighted by molar-refractivity contribution is 5.18. The van der Waals surface area contributed by atoms with Crippen LogP contribution in [0.15, 0.2) is 0 Å². The summed E-state index contributed by atoms with van der Waals surface area (Å²) in [6.07, 6.45) is 5.38. The smallest absolute Gasteiger partial charge is 0.0505 e. The zero-order valence-corrected chi connectivity index (χ0v) is 8.14. The minimum atomic E-state index is 0.286. The summed E-state index contributed by atoms with van der Waals surface area (Å²) in [5.74, 6) is 0. The van der Waals surface area contributed by atoms with Crippen LogP contribution in [0.1, 0.15) is 25.7 Å². The average Bonchev–Trinajstić information content (AvgIpc) is 2.57. The standard InChI is InChI=1S/C10H19NO/c1-11(2)7-10(8-12)6-9(10)4-3-5-9/h12H,3-8H2,1-2H3. The highest BCUT2D eigenvalue weighted by Gasteiger charge is 2.68. The van der Waals surface area contributed by atoms with E-state index in [-0.39, 0.29) is 5.41 Å². The molecule has 0 radical (unpaired) electrons. The van der Waals surface area contributed by atoms with E-state index in [0.717, 1.165) is 6.54 Å². The van der Waals surface area contributed by atoms with Crippen LogP contribution in [0.2, 0.25) is 0 Å². The van der Waals surface area contributed by atoms with Crippen molar-refractivity contribution in [1.29, 1.82) is 0 Å². The molecule has 70 valence electrons. The van der Waals surface area contributed by atoms with Gasteiger partial charge in [-0.3, -0.25) is 0 Å². The summed E-state index contributed by atoms with van der Waals surface area (Å²) in [5.41, 5.74) is 0.862. The summed E-state index contributed by atoms with van der Waals surface area (Å²) in [5, 5.41) is 9.38. The van der Waals surface area contributed by atoms with Gasteiger partial charge in [0, 0.05) is 12.0 Å². The van der Waals surface area contributed by atoms with E-state index in [9.17, 15) is 5.11 Å². The van der Waals surface area contributed by atoms with Crippen molar-refractivity contribution >= 4 is 0 Å². The third-order valence-corrected chi connectivity index (χ3v) is 3.91. The Morgan fingerprint density at radius 2 is 2.00 bits per heavy atom. The lowest BCUT2D eigenvalue weighted by molar-refractivity contribution is 0.0992. The molecule has 1 atom stereocenters. The van der Waals surface area contributed by atoms with Gasteiger partial charge in [0.1, 0.15) is 0 Å². The Bertz CT molecular complexity index is 186. The lowest BCUT2D eigenvalue weighted by Crippen LogP contribution is -2.33. The zero-order chi connectivity index (χ0) is 8.82. The lowest BCUT2D eigenvalue weighted by atomic mass is 9.75. The van der Waals surface area contributed by atoms with Gasteiger partial charge in [-0.05, 0) is 38.8 Å². The molecule has 2 saturated carbocycles. The van der Waals surface area contributed by atoms with Crippen LogP contribution >= 0.6 is 0 Å². The van der Waals surface area contributed by atoms with Crippen LogP contribution in [0.3, 0.4) is 0 Å². The van der Waals surface area contributed by atoms with Crippen molar-refractivity contribution in [3.05, 3.63) is 0 Å². The quantitative estimate of drug-likeness (QED) is 0.684. The molecule has 2 nitrogen and oxygen atoms in total. The van der Waals surface area contributed by atoms with E-state index >= 15 is 0 Å². The maximum absolute atomic E-state index is 9.38. The van der Waals surface area contributed by atoms with Crippen LogP contribution in [0.4, 0.5) is 0 Å². The van der Waals surface area contributed by atoms with Crippen molar-refractivity contribution in [2.45, 2.75) is 25.7 Å². The van der Waals surface area contributed by atoms with E-state index in [1.54, 1.807) is 0 Å². The molecular formula is C10H19NO. The molecule has 2 aliphatic rings. The Hall–Kier alpha value is -0.0800. The molecule has 12 heavy (non-hydrogen) atoms. The third kappa shape index (κ3) is 0.944. The molecule has 1 N–H and O–H groups in total. The van der Waals surface area contributed by atoms with Crippen LogP contribution in [0, 0.1) is 10.8 Å². The average molecular weight is 169 g/mol. The topological polar surface area (TPSA) is 23.5 Å². The van der Waals surface area contributed by atoms with E-state index in [1.807, 2.05) is 0 Å². The number of nitrogens with zero attached hydrogens (tertiary/aromatic N) is 1. The first-order chi connectivity index (χ1) is 5.64.